The zero-order valence-electron chi connectivity index (χ0n) is 24.8. The fraction of sp³-hybridized carbons (Fsp3) is 0.484. The largest absolute Gasteiger partial charge is 0.494 e. The topological polar surface area (TPSA) is 107 Å². The molecule has 0 spiro atoms. The summed E-state index contributed by atoms with van der Waals surface area (Å²) in [6, 6.07) is 11.3. The van der Waals surface area contributed by atoms with E-state index in [9.17, 15) is 4.79 Å². The van der Waals surface area contributed by atoms with E-state index in [0.29, 0.717) is 41.3 Å². The van der Waals surface area contributed by atoms with Gasteiger partial charge in [-0.25, -0.2) is 0 Å². The lowest BCUT2D eigenvalue weighted by atomic mass is 9.98. The molecular weight excluding hydrogens is 528 g/mol. The molecule has 1 aliphatic rings. The number of ketones is 1. The fourth-order valence-corrected chi connectivity index (χ4v) is 5.26. The van der Waals surface area contributed by atoms with Crippen molar-refractivity contribution in [3.05, 3.63) is 53.7 Å². The third-order valence-corrected chi connectivity index (χ3v) is 7.31. The Labute approximate surface area is 241 Å². The Hall–Kier alpha value is -3.28. The van der Waals surface area contributed by atoms with Gasteiger partial charge in [0.25, 0.3) is 0 Å². The lowest BCUT2D eigenvalue weighted by molar-refractivity contribution is -0.292. The van der Waals surface area contributed by atoms with E-state index >= 15 is 0 Å². The predicted molar refractivity (Wildman–Crippen MR) is 156 cm³/mol. The zero-order valence-corrected chi connectivity index (χ0v) is 24.8. The van der Waals surface area contributed by atoms with Gasteiger partial charge in [-0.15, -0.1) is 0 Å². The van der Waals surface area contributed by atoms with Crippen LogP contribution in [0, 0.1) is 6.92 Å². The summed E-state index contributed by atoms with van der Waals surface area (Å²) in [4.78, 5) is 17.6. The van der Waals surface area contributed by atoms with Crippen molar-refractivity contribution in [2.45, 2.75) is 57.4 Å². The number of Topliss-reactive ketones (excluding diaryl/α,β-unsaturated/α-hetero) is 1. The molecule has 2 heterocycles. The van der Waals surface area contributed by atoms with Crippen LogP contribution in [0.5, 0.6) is 11.5 Å². The van der Waals surface area contributed by atoms with Gasteiger partial charge in [-0.2, -0.15) is 0 Å². The molecule has 2 aromatic carbocycles. The average Bonchev–Trinajstić information content (AvgIpc) is 2.98. The molecule has 0 bridgehead atoms. The van der Waals surface area contributed by atoms with Crippen LogP contribution in [-0.2, 0) is 23.7 Å². The maximum Gasteiger partial charge on any atom is 0.229 e. The summed E-state index contributed by atoms with van der Waals surface area (Å²) in [6.07, 6.45) is 0.259. The molecule has 1 aromatic heterocycles. The minimum atomic E-state index is -0.760. The summed E-state index contributed by atoms with van der Waals surface area (Å²) in [5.41, 5.74) is 3.62. The van der Waals surface area contributed by atoms with E-state index in [0.717, 1.165) is 23.1 Å². The van der Waals surface area contributed by atoms with Gasteiger partial charge in [0, 0.05) is 52.1 Å². The predicted octanol–water partition coefficient (Wildman–Crippen LogP) is 5.07. The summed E-state index contributed by atoms with van der Waals surface area (Å²) in [6.45, 7) is 4.26. The number of fused-ring (bicyclic) bond motifs is 1. The molecule has 1 fully saturated rings. The van der Waals surface area contributed by atoms with Crippen LogP contribution < -0.4 is 14.8 Å². The number of anilines is 2. The summed E-state index contributed by atoms with van der Waals surface area (Å²) in [7, 11) is 8.01. The van der Waals surface area contributed by atoms with Crippen LogP contribution >= 0.6 is 0 Å². The quantitative estimate of drug-likeness (QED) is 0.281. The number of carbonyl (C=O) groups is 1. The van der Waals surface area contributed by atoms with Crippen LogP contribution in [0.1, 0.15) is 35.7 Å². The van der Waals surface area contributed by atoms with Gasteiger partial charge in [-0.1, -0.05) is 19.1 Å². The summed E-state index contributed by atoms with van der Waals surface area (Å²) >= 11 is 0. The monoisotopic (exact) mass is 568 g/mol. The Bertz CT molecular complexity index is 1330. The molecule has 0 aliphatic carbocycles. The minimum Gasteiger partial charge on any atom is -0.494 e. The number of hydrogen-bond acceptors (Lipinski definition) is 10. The van der Waals surface area contributed by atoms with Crippen molar-refractivity contribution in [1.82, 2.24) is 4.98 Å². The molecule has 0 radical (unpaired) electrons. The van der Waals surface area contributed by atoms with Gasteiger partial charge in [0.05, 0.1) is 25.0 Å². The molecule has 4 rings (SSSR count). The number of nitrogens with zero attached hydrogens (tertiary/aromatic N) is 1. The van der Waals surface area contributed by atoms with Gasteiger partial charge in [-0.3, -0.25) is 9.78 Å². The first-order chi connectivity index (χ1) is 19.9. The number of nitrogens with one attached hydrogen (secondary N) is 1. The molecular formula is C31H40N2O8. The smallest absolute Gasteiger partial charge is 0.229 e. The standard InChI is InChI=1S/C31H40N2O8/c1-8-10-23(34)21-16-32-27-20(11-9-12-24(27)36-4)26(21)33-22-14-13-19(15-18(22)2)40-31-30(39-7)29(38-6)28(37-5)25(41-31)17-35-3/h9,11-16,25,28-31H,8,10,17H2,1-7H3,(H,32,33)/t25-,28-,29+,30-,31-/m1/s1. The zero-order chi connectivity index (χ0) is 29.5. The number of hydrogen-bond donors (Lipinski definition) is 1. The first kappa shape index (κ1) is 30.7. The first-order valence-electron chi connectivity index (χ1n) is 13.7. The highest BCUT2D eigenvalue weighted by Gasteiger charge is 2.48. The first-order valence-corrected chi connectivity index (χ1v) is 13.7. The van der Waals surface area contributed by atoms with E-state index < -0.39 is 30.7 Å². The minimum absolute atomic E-state index is 0.0255. The maximum absolute atomic E-state index is 13.1. The summed E-state index contributed by atoms with van der Waals surface area (Å²) in [5, 5.41) is 4.30. The lowest BCUT2D eigenvalue weighted by Crippen LogP contribution is -2.62. The number of rotatable bonds is 13. The molecule has 10 heteroatoms. The van der Waals surface area contributed by atoms with Crippen molar-refractivity contribution in [2.75, 3.05) is 47.5 Å². The Morgan fingerprint density at radius 2 is 1.76 bits per heavy atom. The van der Waals surface area contributed by atoms with E-state index in [1.807, 2.05) is 50.2 Å². The van der Waals surface area contributed by atoms with Crippen molar-refractivity contribution in [1.29, 1.82) is 0 Å². The van der Waals surface area contributed by atoms with E-state index in [4.69, 9.17) is 33.2 Å². The SMILES string of the molecule is CCCC(=O)c1cnc2c(OC)cccc2c1Nc1ccc(O[C@@H]2O[C@H](COC)[C@@H](OC)[C@H](OC)[C@H]2OC)cc1C. The molecule has 0 saturated carbocycles. The fourth-order valence-electron chi connectivity index (χ4n) is 5.26. The van der Waals surface area contributed by atoms with Gasteiger partial charge < -0.3 is 38.5 Å². The number of pyridine rings is 1. The Morgan fingerprint density at radius 3 is 2.39 bits per heavy atom. The lowest BCUT2D eigenvalue weighted by Gasteiger charge is -2.44. The number of carbonyl (C=O) groups excluding carboxylic acids is 1. The number of ether oxygens (including phenoxy) is 7. The second kappa shape index (κ2) is 14.1. The molecule has 0 amide bonds. The van der Waals surface area contributed by atoms with Crippen LogP contribution in [0.4, 0.5) is 11.4 Å². The number of methoxy groups -OCH3 is 5. The van der Waals surface area contributed by atoms with Crippen LogP contribution in [0.3, 0.4) is 0 Å². The number of para-hydroxylation sites is 1. The Kier molecular flexibility index (Phi) is 10.5. The Morgan fingerprint density at radius 1 is 1.00 bits per heavy atom. The maximum atomic E-state index is 13.1. The van der Waals surface area contributed by atoms with Gasteiger partial charge >= 0.3 is 0 Å². The van der Waals surface area contributed by atoms with E-state index in [-0.39, 0.29) is 5.78 Å². The van der Waals surface area contributed by atoms with Crippen LogP contribution in [0.2, 0.25) is 0 Å². The van der Waals surface area contributed by atoms with Crippen molar-refractivity contribution in [2.24, 2.45) is 0 Å². The third kappa shape index (κ3) is 6.47. The van der Waals surface area contributed by atoms with Crippen molar-refractivity contribution >= 4 is 28.1 Å². The molecule has 222 valence electrons. The van der Waals surface area contributed by atoms with E-state index in [2.05, 4.69) is 10.3 Å². The number of aromatic nitrogens is 1. The molecule has 41 heavy (non-hydrogen) atoms. The molecule has 1 aliphatic heterocycles. The third-order valence-electron chi connectivity index (χ3n) is 7.31. The van der Waals surface area contributed by atoms with Crippen LogP contribution in [0.25, 0.3) is 10.9 Å². The molecule has 5 atom stereocenters. The second-order valence-electron chi connectivity index (χ2n) is 9.90. The van der Waals surface area contributed by atoms with Gasteiger partial charge in [0.2, 0.25) is 6.29 Å². The molecule has 10 nitrogen and oxygen atoms in total. The van der Waals surface area contributed by atoms with E-state index in [1.165, 1.54) is 0 Å². The Balaban J connectivity index is 1.64. The van der Waals surface area contributed by atoms with Gasteiger partial charge in [-0.05, 0) is 43.2 Å². The number of aryl methyl sites for hydroxylation is 1. The highest BCUT2D eigenvalue weighted by atomic mass is 16.7. The number of benzene rings is 2. The second-order valence-corrected chi connectivity index (χ2v) is 9.90. The van der Waals surface area contributed by atoms with Crippen molar-refractivity contribution in [3.8, 4) is 11.5 Å². The molecule has 1 saturated heterocycles. The van der Waals surface area contributed by atoms with Crippen LogP contribution in [-0.4, -0.2) is 83.6 Å². The normalized spacial score (nSPS) is 22.5. The molecule has 1 N–H and O–H groups in total. The summed E-state index contributed by atoms with van der Waals surface area (Å²) < 4.78 is 40.5. The molecule has 3 aromatic rings. The van der Waals surface area contributed by atoms with Gasteiger partial charge in [0.15, 0.2) is 5.78 Å². The van der Waals surface area contributed by atoms with Crippen molar-refractivity contribution in [3.63, 3.8) is 0 Å². The summed E-state index contributed by atoms with van der Waals surface area (Å²) in [5.74, 6) is 1.25. The van der Waals surface area contributed by atoms with E-state index in [1.54, 1.807) is 41.7 Å². The van der Waals surface area contributed by atoms with Crippen LogP contribution in [0.15, 0.2) is 42.6 Å². The highest BCUT2D eigenvalue weighted by Crippen LogP contribution is 2.36. The van der Waals surface area contributed by atoms with Gasteiger partial charge in [0.1, 0.15) is 41.4 Å². The molecule has 0 unspecified atom stereocenters. The highest BCUT2D eigenvalue weighted by molar-refractivity contribution is 6.09. The average molecular weight is 569 g/mol. The van der Waals surface area contributed by atoms with Crippen molar-refractivity contribution < 1.29 is 38.0 Å².